The van der Waals surface area contributed by atoms with Gasteiger partial charge in [-0.05, 0) is 42.7 Å². The number of aromatic amines is 1. The highest BCUT2D eigenvalue weighted by Gasteiger charge is 2.28. The number of likely N-dealkylation sites (tertiary alicyclic amines) is 1. The molecule has 0 spiro atoms. The van der Waals surface area contributed by atoms with Crippen LogP contribution in [-0.2, 0) is 4.74 Å². The summed E-state index contributed by atoms with van der Waals surface area (Å²) in [5.41, 5.74) is 3.75. The van der Waals surface area contributed by atoms with Gasteiger partial charge in [0.15, 0.2) is 0 Å². The second-order valence-electron chi connectivity index (χ2n) is 8.28. The predicted molar refractivity (Wildman–Crippen MR) is 123 cm³/mol. The summed E-state index contributed by atoms with van der Waals surface area (Å²) in [5, 5.41) is 8.53. The lowest BCUT2D eigenvalue weighted by molar-refractivity contribution is 0.00159. The summed E-state index contributed by atoms with van der Waals surface area (Å²) in [6, 6.07) is 16.5. The monoisotopic (exact) mass is 416 g/mol. The maximum atomic E-state index is 12.9. The summed E-state index contributed by atoms with van der Waals surface area (Å²) in [5.74, 6) is 0.134. The molecular formula is C25H28N4O2. The molecule has 0 bridgehead atoms. The van der Waals surface area contributed by atoms with Crippen LogP contribution in [0.2, 0.25) is 0 Å². The van der Waals surface area contributed by atoms with Crippen molar-refractivity contribution >= 4 is 29.0 Å². The first kappa shape index (κ1) is 20.0. The van der Waals surface area contributed by atoms with Crippen LogP contribution in [0.1, 0.15) is 34.5 Å². The molecule has 0 radical (unpaired) electrons. The van der Waals surface area contributed by atoms with Gasteiger partial charge >= 0.3 is 0 Å². The Balaban J connectivity index is 1.19. The second kappa shape index (κ2) is 9.04. The lowest BCUT2D eigenvalue weighted by atomic mass is 10.0. The van der Waals surface area contributed by atoms with Crippen LogP contribution in [-0.4, -0.2) is 71.3 Å². The minimum absolute atomic E-state index is 0.134. The minimum atomic E-state index is 0.134. The van der Waals surface area contributed by atoms with Gasteiger partial charge in [-0.1, -0.05) is 36.4 Å². The normalized spacial score (nSPS) is 18.8. The van der Waals surface area contributed by atoms with Crippen LogP contribution < -0.4 is 0 Å². The smallest absolute Gasteiger partial charge is 0.253 e. The van der Waals surface area contributed by atoms with Crippen molar-refractivity contribution in [2.45, 2.75) is 18.9 Å². The molecule has 0 atom stereocenters. The highest BCUT2D eigenvalue weighted by molar-refractivity contribution is 5.95. The number of fused-ring (bicyclic) bond motifs is 1. The minimum Gasteiger partial charge on any atom is -0.379 e. The van der Waals surface area contributed by atoms with Crippen LogP contribution >= 0.6 is 0 Å². The average molecular weight is 417 g/mol. The molecule has 31 heavy (non-hydrogen) atoms. The SMILES string of the molecule is O=C(c1ccc(/C=C/c2n[nH]c3ccccc23)cc1)N1CCC(N2CCOCC2)CC1. The largest absolute Gasteiger partial charge is 0.379 e. The van der Waals surface area contributed by atoms with Gasteiger partial charge < -0.3 is 9.64 Å². The van der Waals surface area contributed by atoms with E-state index >= 15 is 0 Å². The summed E-state index contributed by atoms with van der Waals surface area (Å²) in [4.78, 5) is 17.5. The van der Waals surface area contributed by atoms with Gasteiger partial charge in [0.2, 0.25) is 0 Å². The van der Waals surface area contributed by atoms with Crippen LogP contribution in [0.5, 0.6) is 0 Å². The maximum Gasteiger partial charge on any atom is 0.253 e. The number of hydrogen-bond acceptors (Lipinski definition) is 4. The van der Waals surface area contributed by atoms with Gasteiger partial charge in [0.05, 0.1) is 24.4 Å². The lowest BCUT2D eigenvalue weighted by Gasteiger charge is -2.40. The standard InChI is InChI=1S/C25H28N4O2/c30-25(29-13-11-21(12-14-29)28-15-17-31-18-16-28)20-8-5-19(6-9-20)7-10-24-22-3-1-2-4-23(22)26-27-24/h1-10,21H,11-18H2,(H,26,27)/b10-7+. The number of morpholine rings is 1. The Bertz CT molecular complexity index is 1060. The number of piperidine rings is 1. The van der Waals surface area contributed by atoms with Crippen molar-refractivity contribution in [3.05, 3.63) is 65.4 Å². The van der Waals surface area contributed by atoms with Gasteiger partial charge in [-0.25, -0.2) is 0 Å². The van der Waals surface area contributed by atoms with E-state index in [4.69, 9.17) is 4.74 Å². The molecule has 160 valence electrons. The van der Waals surface area contributed by atoms with E-state index in [1.807, 2.05) is 59.5 Å². The predicted octanol–water partition coefficient (Wildman–Crippen LogP) is 3.67. The molecule has 3 aromatic rings. The fraction of sp³-hybridized carbons (Fsp3) is 0.360. The summed E-state index contributed by atoms with van der Waals surface area (Å²) in [7, 11) is 0. The molecule has 6 heteroatoms. The van der Waals surface area contributed by atoms with Gasteiger partial charge in [0.1, 0.15) is 0 Å². The first-order chi connectivity index (χ1) is 15.3. The zero-order chi connectivity index (χ0) is 21.0. The van der Waals surface area contributed by atoms with Crippen LogP contribution in [0.15, 0.2) is 48.5 Å². The highest BCUT2D eigenvalue weighted by atomic mass is 16.5. The topological polar surface area (TPSA) is 61.5 Å². The number of nitrogens with zero attached hydrogens (tertiary/aromatic N) is 3. The second-order valence-corrected chi connectivity index (χ2v) is 8.28. The van der Waals surface area contributed by atoms with E-state index in [-0.39, 0.29) is 5.91 Å². The Morgan fingerprint density at radius 2 is 1.71 bits per heavy atom. The van der Waals surface area contributed by atoms with Gasteiger partial charge in [-0.15, -0.1) is 0 Å². The molecule has 0 saturated carbocycles. The fourth-order valence-corrected chi connectivity index (χ4v) is 4.58. The number of nitrogens with one attached hydrogen (secondary N) is 1. The number of amides is 1. The molecule has 1 aromatic heterocycles. The lowest BCUT2D eigenvalue weighted by Crippen LogP contribution is -2.50. The molecule has 2 fully saturated rings. The molecule has 2 aliphatic rings. The van der Waals surface area contributed by atoms with Crippen LogP contribution in [0.3, 0.4) is 0 Å². The van der Waals surface area contributed by atoms with Crippen molar-refractivity contribution in [2.75, 3.05) is 39.4 Å². The van der Waals surface area contributed by atoms with Crippen molar-refractivity contribution in [3.63, 3.8) is 0 Å². The van der Waals surface area contributed by atoms with E-state index in [9.17, 15) is 4.79 Å². The van der Waals surface area contributed by atoms with Crippen molar-refractivity contribution < 1.29 is 9.53 Å². The quantitative estimate of drug-likeness (QED) is 0.705. The molecule has 1 amide bonds. The van der Waals surface area contributed by atoms with Crippen LogP contribution in [0.4, 0.5) is 0 Å². The van der Waals surface area contributed by atoms with E-state index in [0.717, 1.165) is 80.0 Å². The van der Waals surface area contributed by atoms with E-state index in [0.29, 0.717) is 6.04 Å². The van der Waals surface area contributed by atoms with Crippen LogP contribution in [0, 0.1) is 0 Å². The Labute approximate surface area is 182 Å². The number of benzene rings is 2. The van der Waals surface area contributed by atoms with E-state index < -0.39 is 0 Å². The number of para-hydroxylation sites is 1. The molecule has 2 saturated heterocycles. The number of H-pyrrole nitrogens is 1. The third-order valence-corrected chi connectivity index (χ3v) is 6.40. The van der Waals surface area contributed by atoms with Crippen molar-refractivity contribution in [1.82, 2.24) is 20.0 Å². The molecule has 0 aliphatic carbocycles. The molecular weight excluding hydrogens is 388 g/mol. The van der Waals surface area contributed by atoms with Gasteiger partial charge in [0.25, 0.3) is 5.91 Å². The highest BCUT2D eigenvalue weighted by Crippen LogP contribution is 2.21. The number of rotatable bonds is 4. The molecule has 5 rings (SSSR count). The van der Waals surface area contributed by atoms with Gasteiger partial charge in [-0.2, -0.15) is 5.10 Å². The molecule has 0 unspecified atom stereocenters. The Hall–Kier alpha value is -2.96. The maximum absolute atomic E-state index is 12.9. The fourth-order valence-electron chi connectivity index (χ4n) is 4.58. The Morgan fingerprint density at radius 3 is 2.48 bits per heavy atom. The number of ether oxygens (including phenoxy) is 1. The Morgan fingerprint density at radius 1 is 0.968 bits per heavy atom. The third kappa shape index (κ3) is 4.40. The summed E-state index contributed by atoms with van der Waals surface area (Å²) in [6.45, 7) is 5.35. The molecule has 2 aliphatic heterocycles. The Kier molecular flexibility index (Phi) is 5.82. The summed E-state index contributed by atoms with van der Waals surface area (Å²) in [6.07, 6.45) is 6.13. The third-order valence-electron chi connectivity index (χ3n) is 6.40. The zero-order valence-corrected chi connectivity index (χ0v) is 17.7. The number of carbonyl (C=O) groups excluding carboxylic acids is 1. The molecule has 2 aromatic carbocycles. The number of carbonyl (C=O) groups is 1. The molecule has 1 N–H and O–H groups in total. The van der Waals surface area contributed by atoms with Gasteiger partial charge in [-0.3, -0.25) is 14.8 Å². The number of hydrogen-bond donors (Lipinski definition) is 1. The molecule has 3 heterocycles. The first-order valence-corrected chi connectivity index (χ1v) is 11.1. The summed E-state index contributed by atoms with van der Waals surface area (Å²) >= 11 is 0. The van der Waals surface area contributed by atoms with Crippen LogP contribution in [0.25, 0.3) is 23.1 Å². The van der Waals surface area contributed by atoms with Crippen molar-refractivity contribution in [2.24, 2.45) is 0 Å². The first-order valence-electron chi connectivity index (χ1n) is 11.1. The van der Waals surface area contributed by atoms with E-state index in [2.05, 4.69) is 21.2 Å². The zero-order valence-electron chi connectivity index (χ0n) is 17.7. The van der Waals surface area contributed by atoms with Crippen molar-refractivity contribution in [3.8, 4) is 0 Å². The summed E-state index contributed by atoms with van der Waals surface area (Å²) < 4.78 is 5.46. The van der Waals surface area contributed by atoms with E-state index in [1.165, 1.54) is 0 Å². The van der Waals surface area contributed by atoms with Crippen molar-refractivity contribution in [1.29, 1.82) is 0 Å². The van der Waals surface area contributed by atoms with E-state index in [1.54, 1.807) is 0 Å². The number of aromatic nitrogens is 2. The van der Waals surface area contributed by atoms with Gasteiger partial charge in [0, 0.05) is 43.2 Å². The average Bonchev–Trinajstić information content (AvgIpc) is 3.26. The molecule has 6 nitrogen and oxygen atoms in total.